The van der Waals surface area contributed by atoms with Crippen LogP contribution in [0.15, 0.2) is 78.2 Å². The standard InChI is InChI=1S/C24H30O4S/c1-3-10-23-19(2)24(27-18-20-11-6-4-7-12-20)17-21(28-23)15-16-29(25,26)22-13-8-5-9-14-22/h3-9,11-14,19,21,23-24H,1,10,15-18H2,2H3/t19-,21+,23-,24-/m0/s1. The van der Waals surface area contributed by atoms with Crippen molar-refractivity contribution < 1.29 is 17.9 Å². The number of benzene rings is 2. The van der Waals surface area contributed by atoms with E-state index in [0.717, 1.165) is 12.0 Å². The molecule has 2 aromatic carbocycles. The van der Waals surface area contributed by atoms with Crippen LogP contribution in [0.4, 0.5) is 0 Å². The van der Waals surface area contributed by atoms with Gasteiger partial charge in [-0.1, -0.05) is 61.5 Å². The molecule has 0 aromatic heterocycles. The van der Waals surface area contributed by atoms with E-state index in [9.17, 15) is 8.42 Å². The first-order valence-corrected chi connectivity index (χ1v) is 11.8. The highest BCUT2D eigenvalue weighted by Crippen LogP contribution is 2.32. The predicted octanol–water partition coefficient (Wildman–Crippen LogP) is 4.81. The Morgan fingerprint density at radius 1 is 1.10 bits per heavy atom. The van der Waals surface area contributed by atoms with Crippen LogP contribution >= 0.6 is 0 Å². The zero-order chi connectivity index (χ0) is 20.7. The van der Waals surface area contributed by atoms with E-state index in [1.807, 2.05) is 30.3 Å². The van der Waals surface area contributed by atoms with Crippen LogP contribution in [-0.2, 0) is 25.9 Å². The molecule has 0 amide bonds. The molecule has 0 N–H and O–H groups in total. The Hall–Kier alpha value is -1.95. The number of hydrogen-bond donors (Lipinski definition) is 0. The first-order chi connectivity index (χ1) is 14.0. The van der Waals surface area contributed by atoms with Gasteiger partial charge in [0, 0.05) is 12.3 Å². The lowest BCUT2D eigenvalue weighted by molar-refractivity contribution is -0.151. The molecule has 3 rings (SSSR count). The van der Waals surface area contributed by atoms with Gasteiger partial charge in [0.1, 0.15) is 0 Å². The Balaban J connectivity index is 1.64. The highest BCUT2D eigenvalue weighted by atomic mass is 32.2. The highest BCUT2D eigenvalue weighted by molar-refractivity contribution is 7.91. The monoisotopic (exact) mass is 414 g/mol. The topological polar surface area (TPSA) is 52.6 Å². The number of sulfone groups is 1. The van der Waals surface area contributed by atoms with Gasteiger partial charge in [0.15, 0.2) is 9.84 Å². The molecule has 4 nitrogen and oxygen atoms in total. The van der Waals surface area contributed by atoms with Gasteiger partial charge in [0.25, 0.3) is 0 Å². The maximum atomic E-state index is 12.6. The molecule has 1 aliphatic rings. The third-order valence-corrected chi connectivity index (χ3v) is 7.32. The molecule has 5 heteroatoms. The Morgan fingerprint density at radius 2 is 1.76 bits per heavy atom. The van der Waals surface area contributed by atoms with Crippen LogP contribution in [0.25, 0.3) is 0 Å². The summed E-state index contributed by atoms with van der Waals surface area (Å²) in [5.74, 6) is 0.293. The van der Waals surface area contributed by atoms with Crippen LogP contribution in [0, 0.1) is 5.92 Å². The largest absolute Gasteiger partial charge is 0.374 e. The van der Waals surface area contributed by atoms with Gasteiger partial charge in [-0.15, -0.1) is 6.58 Å². The fraction of sp³-hybridized carbons (Fsp3) is 0.417. The van der Waals surface area contributed by atoms with Crippen LogP contribution in [0.3, 0.4) is 0 Å². The molecule has 0 spiro atoms. The van der Waals surface area contributed by atoms with Crippen molar-refractivity contribution in [3.8, 4) is 0 Å². The molecule has 0 aliphatic carbocycles. The van der Waals surface area contributed by atoms with Gasteiger partial charge in [-0.2, -0.15) is 0 Å². The molecule has 2 aromatic rings. The molecule has 0 radical (unpaired) electrons. The second-order valence-corrected chi connectivity index (χ2v) is 9.78. The second kappa shape index (κ2) is 10.2. The molecule has 4 atom stereocenters. The third kappa shape index (κ3) is 6.01. The summed E-state index contributed by atoms with van der Waals surface area (Å²) in [6, 6.07) is 18.7. The summed E-state index contributed by atoms with van der Waals surface area (Å²) in [7, 11) is -3.32. The summed E-state index contributed by atoms with van der Waals surface area (Å²) in [5.41, 5.74) is 1.13. The van der Waals surface area contributed by atoms with E-state index in [4.69, 9.17) is 9.47 Å². The summed E-state index contributed by atoms with van der Waals surface area (Å²) in [5, 5.41) is 0. The van der Waals surface area contributed by atoms with Gasteiger partial charge in [-0.25, -0.2) is 8.42 Å². The fourth-order valence-corrected chi connectivity index (χ4v) is 5.17. The molecular weight excluding hydrogens is 384 g/mol. The molecule has 1 fully saturated rings. The zero-order valence-electron chi connectivity index (χ0n) is 16.9. The quantitative estimate of drug-likeness (QED) is 0.553. The van der Waals surface area contributed by atoms with Gasteiger partial charge in [0.2, 0.25) is 0 Å². The molecule has 1 heterocycles. The molecule has 0 bridgehead atoms. The summed E-state index contributed by atoms with van der Waals surface area (Å²) >= 11 is 0. The van der Waals surface area contributed by atoms with Gasteiger partial charge >= 0.3 is 0 Å². The summed E-state index contributed by atoms with van der Waals surface area (Å²) in [4.78, 5) is 0.365. The second-order valence-electron chi connectivity index (χ2n) is 7.67. The first-order valence-electron chi connectivity index (χ1n) is 10.2. The maximum absolute atomic E-state index is 12.6. The predicted molar refractivity (Wildman–Crippen MR) is 115 cm³/mol. The normalized spacial score (nSPS) is 24.9. The molecule has 29 heavy (non-hydrogen) atoms. The molecule has 0 saturated carbocycles. The smallest absolute Gasteiger partial charge is 0.178 e. The third-order valence-electron chi connectivity index (χ3n) is 5.55. The minimum atomic E-state index is -3.32. The lowest BCUT2D eigenvalue weighted by Gasteiger charge is -2.40. The van der Waals surface area contributed by atoms with E-state index < -0.39 is 9.84 Å². The maximum Gasteiger partial charge on any atom is 0.178 e. The van der Waals surface area contributed by atoms with Crippen LogP contribution in [-0.4, -0.2) is 32.5 Å². The van der Waals surface area contributed by atoms with E-state index in [1.54, 1.807) is 24.3 Å². The van der Waals surface area contributed by atoms with Crippen LogP contribution in [0.5, 0.6) is 0 Å². The Bertz CT molecular complexity index is 864. The molecule has 0 unspecified atom stereocenters. The van der Waals surface area contributed by atoms with Gasteiger partial charge in [-0.05, 0) is 30.5 Å². The van der Waals surface area contributed by atoms with Crippen molar-refractivity contribution in [1.29, 1.82) is 0 Å². The van der Waals surface area contributed by atoms with E-state index in [-0.39, 0.29) is 30.0 Å². The summed E-state index contributed by atoms with van der Waals surface area (Å²) in [6.45, 7) is 6.53. The van der Waals surface area contributed by atoms with E-state index >= 15 is 0 Å². The SMILES string of the molecule is C=CC[C@@H]1O[C@H](CCS(=O)(=O)c2ccccc2)C[C@H](OCc2ccccc2)[C@H]1C. The number of rotatable bonds is 9. The van der Waals surface area contributed by atoms with Crippen LogP contribution in [0.1, 0.15) is 31.7 Å². The Morgan fingerprint density at radius 3 is 2.41 bits per heavy atom. The number of ether oxygens (including phenoxy) is 2. The van der Waals surface area contributed by atoms with Crippen molar-refractivity contribution in [3.05, 3.63) is 78.9 Å². The van der Waals surface area contributed by atoms with Gasteiger partial charge in [-0.3, -0.25) is 0 Å². The van der Waals surface area contributed by atoms with E-state index in [1.165, 1.54) is 0 Å². The van der Waals surface area contributed by atoms with Gasteiger partial charge in [0.05, 0.1) is 35.6 Å². The van der Waals surface area contributed by atoms with Crippen molar-refractivity contribution in [2.75, 3.05) is 5.75 Å². The minimum absolute atomic E-state index is 0.00791. The van der Waals surface area contributed by atoms with Crippen molar-refractivity contribution in [3.63, 3.8) is 0 Å². The molecular formula is C24H30O4S. The summed E-state index contributed by atoms with van der Waals surface area (Å²) < 4.78 is 37.7. The summed E-state index contributed by atoms with van der Waals surface area (Å²) in [6.07, 6.45) is 3.63. The average Bonchev–Trinajstić information content (AvgIpc) is 2.75. The van der Waals surface area contributed by atoms with Crippen LogP contribution in [0.2, 0.25) is 0 Å². The van der Waals surface area contributed by atoms with Crippen molar-refractivity contribution in [2.24, 2.45) is 5.92 Å². The van der Waals surface area contributed by atoms with Gasteiger partial charge < -0.3 is 9.47 Å². The lowest BCUT2D eigenvalue weighted by Crippen LogP contribution is -2.44. The van der Waals surface area contributed by atoms with E-state index in [0.29, 0.717) is 24.3 Å². The van der Waals surface area contributed by atoms with E-state index in [2.05, 4.69) is 25.6 Å². The fourth-order valence-electron chi connectivity index (χ4n) is 3.79. The number of hydrogen-bond acceptors (Lipinski definition) is 4. The molecule has 156 valence electrons. The highest BCUT2D eigenvalue weighted by Gasteiger charge is 2.36. The zero-order valence-corrected chi connectivity index (χ0v) is 17.8. The average molecular weight is 415 g/mol. The minimum Gasteiger partial charge on any atom is -0.374 e. The van der Waals surface area contributed by atoms with Crippen LogP contribution < -0.4 is 0 Å². The van der Waals surface area contributed by atoms with Crippen molar-refractivity contribution in [2.45, 2.75) is 56.0 Å². The molecule has 1 aliphatic heterocycles. The Kier molecular flexibility index (Phi) is 7.64. The van der Waals surface area contributed by atoms with Crippen molar-refractivity contribution in [1.82, 2.24) is 0 Å². The lowest BCUT2D eigenvalue weighted by atomic mass is 9.87. The Labute approximate surface area is 174 Å². The van der Waals surface area contributed by atoms with Crippen molar-refractivity contribution >= 4 is 9.84 Å². The molecule has 1 saturated heterocycles. The first kappa shape index (κ1) is 21.8.